The highest BCUT2D eigenvalue weighted by atomic mass is 16.5. The SMILES string of the molecule is COC(=O)c1ccccc1CNCC(C)(C)C. The average Bonchev–Trinajstić information content (AvgIpc) is 2.27. The maximum absolute atomic E-state index is 11.5. The first-order valence-corrected chi connectivity index (χ1v) is 5.81. The second kappa shape index (κ2) is 5.82. The van der Waals surface area contributed by atoms with E-state index in [1.54, 1.807) is 6.07 Å². The Balaban J connectivity index is 2.68. The van der Waals surface area contributed by atoms with E-state index in [4.69, 9.17) is 4.74 Å². The Morgan fingerprint density at radius 3 is 2.53 bits per heavy atom. The summed E-state index contributed by atoms with van der Waals surface area (Å²) in [7, 11) is 1.40. The number of nitrogens with one attached hydrogen (secondary N) is 1. The lowest BCUT2D eigenvalue weighted by atomic mass is 9.97. The van der Waals surface area contributed by atoms with Crippen molar-refractivity contribution in [3.8, 4) is 0 Å². The normalized spacial score (nSPS) is 11.3. The van der Waals surface area contributed by atoms with Crippen LogP contribution >= 0.6 is 0 Å². The van der Waals surface area contributed by atoms with Crippen molar-refractivity contribution >= 4 is 5.97 Å². The number of carbonyl (C=O) groups is 1. The van der Waals surface area contributed by atoms with Crippen molar-refractivity contribution in [2.24, 2.45) is 5.41 Å². The van der Waals surface area contributed by atoms with E-state index in [2.05, 4.69) is 26.1 Å². The van der Waals surface area contributed by atoms with Gasteiger partial charge in [0.25, 0.3) is 0 Å². The van der Waals surface area contributed by atoms with Crippen LogP contribution in [0.5, 0.6) is 0 Å². The summed E-state index contributed by atoms with van der Waals surface area (Å²) in [5.41, 5.74) is 1.85. The summed E-state index contributed by atoms with van der Waals surface area (Å²) in [5, 5.41) is 3.35. The quantitative estimate of drug-likeness (QED) is 0.815. The summed E-state index contributed by atoms with van der Waals surface area (Å²) in [6.45, 7) is 8.11. The standard InChI is InChI=1S/C14H21NO2/c1-14(2,3)10-15-9-11-7-5-6-8-12(11)13(16)17-4/h5-8,15H,9-10H2,1-4H3. The summed E-state index contributed by atoms with van der Waals surface area (Å²) in [6.07, 6.45) is 0. The molecule has 0 heterocycles. The van der Waals surface area contributed by atoms with Gasteiger partial charge < -0.3 is 10.1 Å². The van der Waals surface area contributed by atoms with E-state index in [-0.39, 0.29) is 11.4 Å². The van der Waals surface area contributed by atoms with Crippen LogP contribution in [0.1, 0.15) is 36.7 Å². The lowest BCUT2D eigenvalue weighted by Crippen LogP contribution is -2.27. The molecule has 1 N–H and O–H groups in total. The first-order valence-electron chi connectivity index (χ1n) is 5.81. The van der Waals surface area contributed by atoms with Crippen molar-refractivity contribution in [2.75, 3.05) is 13.7 Å². The highest BCUT2D eigenvalue weighted by Gasteiger charge is 2.12. The third-order valence-corrected chi connectivity index (χ3v) is 2.39. The molecule has 0 saturated carbocycles. The van der Waals surface area contributed by atoms with Gasteiger partial charge in [0.2, 0.25) is 0 Å². The zero-order chi connectivity index (χ0) is 12.9. The van der Waals surface area contributed by atoms with Crippen LogP contribution in [0.2, 0.25) is 0 Å². The predicted octanol–water partition coefficient (Wildman–Crippen LogP) is 2.61. The third-order valence-electron chi connectivity index (χ3n) is 2.39. The second-order valence-electron chi connectivity index (χ2n) is 5.31. The molecule has 94 valence electrons. The average molecular weight is 235 g/mol. The minimum absolute atomic E-state index is 0.236. The first kappa shape index (κ1) is 13.7. The molecule has 1 aromatic carbocycles. The number of hydrogen-bond donors (Lipinski definition) is 1. The molecule has 1 rings (SSSR count). The molecule has 0 aliphatic carbocycles. The fraction of sp³-hybridized carbons (Fsp3) is 0.500. The van der Waals surface area contributed by atoms with Crippen molar-refractivity contribution in [1.82, 2.24) is 5.32 Å². The van der Waals surface area contributed by atoms with Gasteiger partial charge in [-0.25, -0.2) is 4.79 Å². The van der Waals surface area contributed by atoms with Crippen molar-refractivity contribution in [3.63, 3.8) is 0 Å². The Labute approximate surface area is 103 Å². The van der Waals surface area contributed by atoms with E-state index in [0.29, 0.717) is 12.1 Å². The lowest BCUT2D eigenvalue weighted by molar-refractivity contribution is 0.0599. The molecule has 3 heteroatoms. The molecule has 0 atom stereocenters. The van der Waals surface area contributed by atoms with Gasteiger partial charge in [-0.3, -0.25) is 0 Å². The Kier molecular flexibility index (Phi) is 4.70. The monoisotopic (exact) mass is 235 g/mol. The molecule has 0 fully saturated rings. The summed E-state index contributed by atoms with van der Waals surface area (Å²) >= 11 is 0. The molecular formula is C14H21NO2. The Bertz CT molecular complexity index is 380. The molecule has 0 aliphatic rings. The Hall–Kier alpha value is -1.35. The number of rotatable bonds is 4. The molecule has 0 aromatic heterocycles. The predicted molar refractivity (Wildman–Crippen MR) is 68.9 cm³/mol. The van der Waals surface area contributed by atoms with Crippen LogP contribution in [-0.4, -0.2) is 19.6 Å². The maximum Gasteiger partial charge on any atom is 0.338 e. The van der Waals surface area contributed by atoms with E-state index in [0.717, 1.165) is 12.1 Å². The molecule has 0 unspecified atom stereocenters. The highest BCUT2D eigenvalue weighted by molar-refractivity contribution is 5.90. The molecule has 0 radical (unpaired) electrons. The van der Waals surface area contributed by atoms with Crippen molar-refractivity contribution in [3.05, 3.63) is 35.4 Å². The van der Waals surface area contributed by atoms with Gasteiger partial charge in [-0.15, -0.1) is 0 Å². The van der Waals surface area contributed by atoms with Crippen LogP contribution in [0.4, 0.5) is 0 Å². The fourth-order valence-electron chi connectivity index (χ4n) is 1.56. The van der Waals surface area contributed by atoms with Gasteiger partial charge in [-0.05, 0) is 17.0 Å². The van der Waals surface area contributed by atoms with Gasteiger partial charge in [0.1, 0.15) is 0 Å². The molecule has 1 aromatic rings. The van der Waals surface area contributed by atoms with E-state index < -0.39 is 0 Å². The van der Waals surface area contributed by atoms with Gasteiger partial charge in [-0.1, -0.05) is 39.0 Å². The number of carbonyl (C=O) groups excluding carboxylic acids is 1. The topological polar surface area (TPSA) is 38.3 Å². The van der Waals surface area contributed by atoms with Crippen LogP contribution in [0.25, 0.3) is 0 Å². The Morgan fingerprint density at radius 1 is 1.29 bits per heavy atom. The maximum atomic E-state index is 11.5. The smallest absolute Gasteiger partial charge is 0.338 e. The van der Waals surface area contributed by atoms with Crippen LogP contribution in [-0.2, 0) is 11.3 Å². The highest BCUT2D eigenvalue weighted by Crippen LogP contribution is 2.13. The van der Waals surface area contributed by atoms with E-state index in [1.807, 2.05) is 18.2 Å². The van der Waals surface area contributed by atoms with E-state index in [9.17, 15) is 4.79 Å². The minimum atomic E-state index is -0.279. The van der Waals surface area contributed by atoms with Crippen LogP contribution in [0.3, 0.4) is 0 Å². The number of methoxy groups -OCH3 is 1. The zero-order valence-corrected chi connectivity index (χ0v) is 11.0. The van der Waals surface area contributed by atoms with Gasteiger partial charge in [0.15, 0.2) is 0 Å². The zero-order valence-electron chi connectivity index (χ0n) is 11.0. The number of benzene rings is 1. The van der Waals surface area contributed by atoms with Gasteiger partial charge in [0, 0.05) is 13.1 Å². The summed E-state index contributed by atoms with van der Waals surface area (Å²) in [6, 6.07) is 7.52. The first-order chi connectivity index (χ1) is 7.94. The summed E-state index contributed by atoms with van der Waals surface area (Å²) in [5.74, 6) is -0.279. The molecule has 3 nitrogen and oxygen atoms in total. The molecule has 0 saturated heterocycles. The van der Waals surface area contributed by atoms with Gasteiger partial charge in [-0.2, -0.15) is 0 Å². The summed E-state index contributed by atoms with van der Waals surface area (Å²) < 4.78 is 4.76. The van der Waals surface area contributed by atoms with Crippen molar-refractivity contribution in [1.29, 1.82) is 0 Å². The van der Waals surface area contributed by atoms with Crippen molar-refractivity contribution < 1.29 is 9.53 Å². The molecule has 0 amide bonds. The molecule has 0 bridgehead atoms. The largest absolute Gasteiger partial charge is 0.465 e. The number of esters is 1. The van der Waals surface area contributed by atoms with Crippen molar-refractivity contribution in [2.45, 2.75) is 27.3 Å². The third kappa shape index (κ3) is 4.57. The Morgan fingerprint density at radius 2 is 1.94 bits per heavy atom. The van der Waals surface area contributed by atoms with Crippen LogP contribution < -0.4 is 5.32 Å². The van der Waals surface area contributed by atoms with Crippen LogP contribution in [0, 0.1) is 5.41 Å². The van der Waals surface area contributed by atoms with Gasteiger partial charge >= 0.3 is 5.97 Å². The summed E-state index contributed by atoms with van der Waals surface area (Å²) in [4.78, 5) is 11.5. The van der Waals surface area contributed by atoms with E-state index >= 15 is 0 Å². The molecule has 0 aliphatic heterocycles. The fourth-order valence-corrected chi connectivity index (χ4v) is 1.56. The van der Waals surface area contributed by atoms with E-state index in [1.165, 1.54) is 7.11 Å². The number of ether oxygens (including phenoxy) is 1. The second-order valence-corrected chi connectivity index (χ2v) is 5.31. The van der Waals surface area contributed by atoms with Crippen LogP contribution in [0.15, 0.2) is 24.3 Å². The van der Waals surface area contributed by atoms with Gasteiger partial charge in [0.05, 0.1) is 12.7 Å². The number of hydrogen-bond acceptors (Lipinski definition) is 3. The molecule has 17 heavy (non-hydrogen) atoms. The molecule has 0 spiro atoms. The minimum Gasteiger partial charge on any atom is -0.465 e. The lowest BCUT2D eigenvalue weighted by Gasteiger charge is -2.19. The molecular weight excluding hydrogens is 214 g/mol.